The number of allylic oxidation sites excluding steroid dienone is 6. The molecule has 4 aliphatic rings. The van der Waals surface area contributed by atoms with Crippen LogP contribution in [0.15, 0.2) is 84.4 Å². The number of nitrogens with two attached hydrogens (primary N) is 2. The summed E-state index contributed by atoms with van der Waals surface area (Å²) in [5.41, 5.74) is 17.8. The number of aromatic hydroxyl groups is 1. The molecule has 36 heteroatoms. The van der Waals surface area contributed by atoms with Gasteiger partial charge in [-0.2, -0.15) is 5.10 Å². The third-order valence-electron chi connectivity index (χ3n) is 23.0. The molecular formula is C89H134N12O24. The number of piperidine rings is 1. The summed E-state index contributed by atoms with van der Waals surface area (Å²) in [7, 11) is 3.18. The monoisotopic (exact) mass is 1750 g/mol. The third kappa shape index (κ3) is 32.2. The van der Waals surface area contributed by atoms with E-state index in [1.807, 2.05) is 56.5 Å². The van der Waals surface area contributed by atoms with Gasteiger partial charge >= 0.3 is 5.97 Å². The Kier molecular flexibility index (Phi) is 43.0. The van der Waals surface area contributed by atoms with Crippen LogP contribution in [0.1, 0.15) is 149 Å². The molecule has 7 heterocycles. The summed E-state index contributed by atoms with van der Waals surface area (Å²) in [4.78, 5) is 96.7. The number of phenolic OH excluding ortho intramolecular Hbond substituents is 1. The van der Waals surface area contributed by atoms with Gasteiger partial charge in [0.15, 0.2) is 11.4 Å². The molecule has 1 aliphatic carbocycles. The number of anilines is 1. The molecule has 14 atom stereocenters. The van der Waals surface area contributed by atoms with Crippen molar-refractivity contribution in [2.24, 2.45) is 29.4 Å². The number of rotatable bonds is 44. The first-order valence-corrected chi connectivity index (χ1v) is 44.1. The third-order valence-corrected chi connectivity index (χ3v) is 23.0. The van der Waals surface area contributed by atoms with Crippen molar-refractivity contribution in [3.05, 3.63) is 90.1 Å². The fourth-order valence-corrected chi connectivity index (χ4v) is 16.0. The largest absolute Gasteiger partial charge is 0.508 e. The number of nitrogen functional groups attached to an aromatic ring is 1. The van der Waals surface area contributed by atoms with Crippen molar-refractivity contribution in [1.29, 1.82) is 0 Å². The Balaban J connectivity index is 0.578. The number of hydrogen-bond donors (Lipinski definition) is 8. The fourth-order valence-electron chi connectivity index (χ4n) is 16.0. The van der Waals surface area contributed by atoms with Gasteiger partial charge in [0, 0.05) is 88.3 Å². The summed E-state index contributed by atoms with van der Waals surface area (Å²) in [5, 5.41) is 62.3. The number of phenols is 1. The zero-order valence-electron chi connectivity index (χ0n) is 73.7. The highest BCUT2D eigenvalue weighted by molar-refractivity contribution is 6.39. The minimum Gasteiger partial charge on any atom is -0.508 e. The molecule has 9 rings (SSSR count). The Labute approximate surface area is 731 Å². The number of nitrogens with one attached hydrogen (secondary N) is 2. The summed E-state index contributed by atoms with van der Waals surface area (Å²) in [6.07, 6.45) is 14.1. The minimum absolute atomic E-state index is 0.0216. The number of nitrogens with zero attached hydrogens (tertiary/aromatic N) is 8. The smallest absolute Gasteiger partial charge is 0.329 e. The van der Waals surface area contributed by atoms with Gasteiger partial charge in [-0.1, -0.05) is 62.4 Å². The van der Waals surface area contributed by atoms with E-state index in [9.17, 15) is 49.2 Å². The number of carbonyl (C=O) groups excluding carboxylic acids is 6. The Morgan fingerprint density at radius 2 is 1.38 bits per heavy atom. The second-order valence-corrected chi connectivity index (χ2v) is 32.6. The number of Topliss-reactive ketones (excluding diaryl/α,β-unsaturated/α-hetero) is 3. The predicted molar refractivity (Wildman–Crippen MR) is 460 cm³/mol. The molecule has 36 nitrogen and oxygen atoms in total. The summed E-state index contributed by atoms with van der Waals surface area (Å²) in [6.45, 7) is 17.4. The Hall–Kier alpha value is -8.25. The van der Waals surface area contributed by atoms with E-state index in [0.717, 1.165) is 39.9 Å². The van der Waals surface area contributed by atoms with Crippen LogP contribution in [0.25, 0.3) is 33.3 Å². The van der Waals surface area contributed by atoms with Gasteiger partial charge in [-0.05, 0) is 138 Å². The Morgan fingerprint density at radius 1 is 0.728 bits per heavy atom. The van der Waals surface area contributed by atoms with Crippen molar-refractivity contribution in [2.45, 2.75) is 211 Å². The molecule has 2 amide bonds. The lowest BCUT2D eigenvalue weighted by Crippen LogP contribution is -2.58. The van der Waals surface area contributed by atoms with Gasteiger partial charge in [-0.3, -0.25) is 24.0 Å². The lowest BCUT2D eigenvalue weighted by molar-refractivity contribution is -0.245. The van der Waals surface area contributed by atoms with Crippen LogP contribution in [0.2, 0.25) is 0 Å². The van der Waals surface area contributed by atoms with Crippen LogP contribution in [-0.4, -0.2) is 308 Å². The van der Waals surface area contributed by atoms with E-state index < -0.39 is 89.5 Å². The SMILES string of the molecule is CO[C@H]1C[C@@H]2CCC[C@@](O)(O2)C(=O)C(=O)N2CCCC[C@H]2C(=O)O[C@H]([C@H](N)C[C@@H]2CC[C@H](n3cc(COCCOCCOCCOCCOCCOCCOCCOCCOCCOCCC(=O)NCCCCn4nc(-c5cc6cc(O)ccc6[nH]5)c5c(N)ncnc54)nn3)[C@H](OC)C2)CC(=O)[C@H](C)/C=C(\C)[C@@H](O)[C@@H](O)C(=O)[C@H](C)C[C@H](C)/C=C/C=CC=C1C. The number of carbonyl (C=O) groups is 6. The predicted octanol–water partition coefficient (Wildman–Crippen LogP) is 6.67. The average molecular weight is 1760 g/mol. The van der Waals surface area contributed by atoms with Crippen molar-refractivity contribution in [1.82, 2.24) is 49.9 Å². The molecule has 1 saturated carbocycles. The highest BCUT2D eigenvalue weighted by Gasteiger charge is 2.50. The molecule has 0 radical (unpaired) electrons. The number of aromatic amines is 1. The number of aromatic nitrogens is 8. The second-order valence-electron chi connectivity index (χ2n) is 32.6. The Morgan fingerprint density at radius 3 is 2.02 bits per heavy atom. The van der Waals surface area contributed by atoms with E-state index >= 15 is 0 Å². The number of hydrogen-bond acceptors (Lipinski definition) is 31. The first kappa shape index (κ1) is 101. The highest BCUT2D eigenvalue weighted by Crippen LogP contribution is 2.39. The van der Waals surface area contributed by atoms with Crippen LogP contribution in [0.3, 0.4) is 0 Å². The van der Waals surface area contributed by atoms with Crippen LogP contribution in [0, 0.1) is 23.7 Å². The molecule has 4 aromatic heterocycles. The zero-order valence-corrected chi connectivity index (χ0v) is 73.7. The van der Waals surface area contributed by atoms with E-state index in [0.29, 0.717) is 218 Å². The standard InChI is InChI=1S/C89H134N12O24/c1-59-16-9-8-10-17-60(2)75(112-6)54-68-18-15-25-89(111,125-68)84(108)87(109)99-27-13-11-19-73(99)88(110)124-76(55-74(103)61(3)49-63(5)82(106)83(107)81(105)62(4)48-59)69(90)50-64-20-23-72(77(51-64)113-7)101-56-66(96-98-101)57-123-47-46-122-45-44-121-43-42-120-41-40-119-39-38-118-37-36-117-35-34-116-33-32-115-31-30-114-29-24-78(104)92-26-12-14-28-100-86-79(85(91)93-58-94-86)80(97-100)71-53-65-52-67(102)21-22-70(65)95-71/h8-10,16-17,21-22,49,52-53,56,58-59,61-62,64,68-69,72-73,75-77,82-83,95,102,106-107,111H,11-15,18-20,23-48,50-51,54-55,57,90H2,1-7H3,(H,92,104)(H2,91,93,94)/b10-8?,16-9+,60-17?,63-49+/t59-,61-,62-,64+,68+,69-,72+,73+,75+,76+,77-,82-,83+,89-/m1/s1. The van der Waals surface area contributed by atoms with E-state index in [1.54, 1.807) is 55.6 Å². The average Bonchev–Trinajstić information content (AvgIpc) is 1.63. The number of aryl methyl sites for hydroxylation is 1. The van der Waals surface area contributed by atoms with Gasteiger partial charge < -0.3 is 113 Å². The molecule has 694 valence electrons. The fraction of sp³-hybridized carbons (Fsp3) is 0.674. The lowest BCUT2D eigenvalue weighted by Gasteiger charge is -2.40. The topological polar surface area (TPSA) is 470 Å². The quantitative estimate of drug-likeness (QED) is 0.00873. The number of unbranched alkanes of at least 4 members (excludes halogenated alkanes) is 1. The van der Waals surface area contributed by atoms with Crippen molar-refractivity contribution < 1.29 is 116 Å². The number of benzene rings is 1. The first-order chi connectivity index (χ1) is 60.4. The maximum atomic E-state index is 14.6. The number of methoxy groups -OCH3 is 2. The van der Waals surface area contributed by atoms with E-state index in [1.165, 1.54) is 19.3 Å². The number of ketones is 3. The van der Waals surface area contributed by atoms with Crippen molar-refractivity contribution >= 4 is 62.9 Å². The van der Waals surface area contributed by atoms with Gasteiger partial charge in [0.1, 0.15) is 59.4 Å². The lowest BCUT2D eigenvalue weighted by atomic mass is 9.79. The molecule has 5 aromatic rings. The molecule has 2 bridgehead atoms. The van der Waals surface area contributed by atoms with Crippen molar-refractivity contribution in [3.8, 4) is 17.1 Å². The number of aliphatic hydroxyl groups is 3. The van der Waals surface area contributed by atoms with Crippen LogP contribution in [0.4, 0.5) is 5.82 Å². The minimum atomic E-state index is -2.46. The van der Waals surface area contributed by atoms with Crippen LogP contribution >= 0.6 is 0 Å². The molecule has 2 saturated heterocycles. The van der Waals surface area contributed by atoms with E-state index in [-0.39, 0.29) is 93.1 Å². The molecule has 10 N–H and O–H groups in total. The second kappa shape index (κ2) is 53.5. The molecule has 0 unspecified atom stereocenters. The zero-order chi connectivity index (χ0) is 89.5. The summed E-state index contributed by atoms with van der Waals surface area (Å²) in [6, 6.07) is 4.66. The first-order valence-electron chi connectivity index (χ1n) is 44.1. The molecular weight excluding hydrogens is 1620 g/mol. The normalized spacial score (nSPS) is 25.5. The number of fused-ring (bicyclic) bond motifs is 5. The van der Waals surface area contributed by atoms with Gasteiger partial charge in [0.05, 0.1) is 174 Å². The summed E-state index contributed by atoms with van der Waals surface area (Å²) in [5.74, 6) is -7.80. The van der Waals surface area contributed by atoms with Crippen LogP contribution < -0.4 is 16.8 Å². The van der Waals surface area contributed by atoms with Crippen LogP contribution in [0.5, 0.6) is 5.75 Å². The van der Waals surface area contributed by atoms with Crippen molar-refractivity contribution in [3.63, 3.8) is 0 Å². The molecule has 1 aromatic carbocycles. The maximum Gasteiger partial charge on any atom is 0.329 e. The van der Waals surface area contributed by atoms with Crippen LogP contribution in [-0.2, 0) is 108 Å². The number of esters is 1. The number of ether oxygens (including phenoxy) is 14. The molecule has 125 heavy (non-hydrogen) atoms. The highest BCUT2D eigenvalue weighted by atomic mass is 16.6. The maximum absolute atomic E-state index is 14.6. The number of amides is 2. The number of cyclic esters (lactones) is 1. The number of aliphatic hydroxyl groups excluding tert-OH is 2. The van der Waals surface area contributed by atoms with Gasteiger partial charge in [-0.25, -0.2) is 24.1 Å². The van der Waals surface area contributed by atoms with Gasteiger partial charge in [0.25, 0.3) is 11.7 Å². The van der Waals surface area contributed by atoms with E-state index in [2.05, 4.69) is 30.6 Å². The molecule has 3 aliphatic heterocycles. The summed E-state index contributed by atoms with van der Waals surface area (Å²) >= 11 is 0. The van der Waals surface area contributed by atoms with E-state index in [4.69, 9.17) is 82.9 Å². The molecule has 0 spiro atoms. The van der Waals surface area contributed by atoms with Crippen molar-refractivity contribution in [2.75, 3.05) is 159 Å². The number of H-pyrrole nitrogens is 1. The van der Waals surface area contributed by atoms with Gasteiger partial charge in [0.2, 0.25) is 11.7 Å². The Bertz CT molecular complexity index is 4270. The van der Waals surface area contributed by atoms with Gasteiger partial charge in [-0.15, -0.1) is 5.10 Å². The molecule has 3 fully saturated rings. The summed E-state index contributed by atoms with van der Waals surface area (Å²) < 4.78 is 84.1.